The van der Waals surface area contributed by atoms with E-state index in [1.54, 1.807) is 0 Å². The van der Waals surface area contributed by atoms with Gasteiger partial charge in [-0.3, -0.25) is 0 Å². The standard InChI is InChI=1S/C11H19N3O2S2/c1-7-5-4-6-14(8(7)2)11-9(18(3,15)16)10(12)13-17-11/h7-8H,4-6H2,1-3H3,(H2,12,13). The zero-order valence-electron chi connectivity index (χ0n) is 10.9. The fourth-order valence-corrected chi connectivity index (χ4v) is 4.75. The van der Waals surface area contributed by atoms with Crippen LogP contribution in [0.2, 0.25) is 0 Å². The van der Waals surface area contributed by atoms with Gasteiger partial charge in [0, 0.05) is 18.8 Å². The number of anilines is 2. The van der Waals surface area contributed by atoms with Crippen molar-refractivity contribution in [1.29, 1.82) is 0 Å². The van der Waals surface area contributed by atoms with Gasteiger partial charge in [0.05, 0.1) is 0 Å². The molecule has 1 fully saturated rings. The first kappa shape index (κ1) is 13.6. The van der Waals surface area contributed by atoms with Crippen molar-refractivity contribution in [3.63, 3.8) is 0 Å². The smallest absolute Gasteiger partial charge is 0.182 e. The monoisotopic (exact) mass is 289 g/mol. The van der Waals surface area contributed by atoms with Gasteiger partial charge < -0.3 is 10.6 Å². The predicted octanol–water partition coefficient (Wildman–Crippen LogP) is 1.75. The molecular formula is C11H19N3O2S2. The van der Waals surface area contributed by atoms with E-state index < -0.39 is 9.84 Å². The van der Waals surface area contributed by atoms with Crippen LogP contribution in [0.1, 0.15) is 26.7 Å². The molecule has 2 heterocycles. The van der Waals surface area contributed by atoms with Crippen molar-refractivity contribution in [2.75, 3.05) is 23.4 Å². The second-order valence-corrected chi connectivity index (χ2v) is 7.73. The number of hydrogen-bond donors (Lipinski definition) is 1. The minimum absolute atomic E-state index is 0.128. The minimum atomic E-state index is -3.33. The van der Waals surface area contributed by atoms with Crippen molar-refractivity contribution < 1.29 is 8.42 Å². The minimum Gasteiger partial charge on any atom is -0.382 e. The Morgan fingerprint density at radius 1 is 1.44 bits per heavy atom. The lowest BCUT2D eigenvalue weighted by Crippen LogP contribution is -2.42. The Labute approximate surface area is 112 Å². The number of nitrogens with zero attached hydrogens (tertiary/aromatic N) is 2. The molecule has 18 heavy (non-hydrogen) atoms. The normalized spacial score (nSPS) is 25.4. The van der Waals surface area contributed by atoms with Gasteiger partial charge in [0.25, 0.3) is 0 Å². The summed E-state index contributed by atoms with van der Waals surface area (Å²) in [6.45, 7) is 5.20. The maximum absolute atomic E-state index is 11.8. The summed E-state index contributed by atoms with van der Waals surface area (Å²) in [6.07, 6.45) is 3.45. The molecule has 1 aliphatic rings. The van der Waals surface area contributed by atoms with Crippen molar-refractivity contribution >= 4 is 32.2 Å². The van der Waals surface area contributed by atoms with Crippen LogP contribution in [0.15, 0.2) is 4.90 Å². The first-order valence-corrected chi connectivity index (χ1v) is 8.70. The van der Waals surface area contributed by atoms with E-state index in [2.05, 4.69) is 23.1 Å². The van der Waals surface area contributed by atoms with Crippen LogP contribution in [-0.4, -0.2) is 31.6 Å². The zero-order valence-corrected chi connectivity index (χ0v) is 12.5. The molecule has 1 aromatic rings. The highest BCUT2D eigenvalue weighted by molar-refractivity contribution is 7.91. The van der Waals surface area contributed by atoms with E-state index in [0.717, 1.165) is 13.0 Å². The van der Waals surface area contributed by atoms with Gasteiger partial charge in [0.1, 0.15) is 9.90 Å². The van der Waals surface area contributed by atoms with Gasteiger partial charge in [-0.15, -0.1) is 0 Å². The van der Waals surface area contributed by atoms with Crippen molar-refractivity contribution in [3.05, 3.63) is 0 Å². The lowest BCUT2D eigenvalue weighted by molar-refractivity contribution is 0.364. The summed E-state index contributed by atoms with van der Waals surface area (Å²) in [6, 6.07) is 0.319. The van der Waals surface area contributed by atoms with Gasteiger partial charge in [0.2, 0.25) is 0 Å². The van der Waals surface area contributed by atoms with Crippen LogP contribution in [0.4, 0.5) is 10.8 Å². The Kier molecular flexibility index (Phi) is 3.55. The molecule has 2 N–H and O–H groups in total. The molecule has 0 aliphatic carbocycles. The molecule has 0 aromatic carbocycles. The highest BCUT2D eigenvalue weighted by Crippen LogP contribution is 2.38. The highest BCUT2D eigenvalue weighted by Gasteiger charge is 2.31. The van der Waals surface area contributed by atoms with Crippen molar-refractivity contribution in [1.82, 2.24) is 4.37 Å². The van der Waals surface area contributed by atoms with Gasteiger partial charge in [-0.1, -0.05) is 6.92 Å². The fourth-order valence-electron chi connectivity index (χ4n) is 2.44. The Balaban J connectivity index is 2.46. The van der Waals surface area contributed by atoms with Crippen molar-refractivity contribution in [2.24, 2.45) is 5.92 Å². The molecule has 1 aromatic heterocycles. The summed E-state index contributed by atoms with van der Waals surface area (Å²) >= 11 is 1.19. The van der Waals surface area contributed by atoms with Crippen molar-refractivity contribution in [3.8, 4) is 0 Å². The highest BCUT2D eigenvalue weighted by atomic mass is 32.2. The molecule has 7 heteroatoms. The van der Waals surface area contributed by atoms with E-state index >= 15 is 0 Å². The molecule has 0 saturated carbocycles. The van der Waals surface area contributed by atoms with Crippen molar-refractivity contribution in [2.45, 2.75) is 37.6 Å². The summed E-state index contributed by atoms with van der Waals surface area (Å²) in [4.78, 5) is 2.34. The molecule has 2 unspecified atom stereocenters. The van der Waals surface area contributed by atoms with Gasteiger partial charge in [-0.05, 0) is 37.2 Å². The molecule has 0 radical (unpaired) electrons. The average Bonchev–Trinajstić information content (AvgIpc) is 2.64. The number of nitrogen functional groups attached to an aromatic ring is 1. The number of piperidine rings is 1. The quantitative estimate of drug-likeness (QED) is 0.897. The second kappa shape index (κ2) is 4.70. The summed E-state index contributed by atoms with van der Waals surface area (Å²) in [7, 11) is -3.33. The van der Waals surface area contributed by atoms with Crippen LogP contribution in [0, 0.1) is 5.92 Å². The first-order valence-electron chi connectivity index (χ1n) is 6.04. The summed E-state index contributed by atoms with van der Waals surface area (Å²) in [5.41, 5.74) is 5.71. The van der Waals surface area contributed by atoms with Crippen LogP contribution in [-0.2, 0) is 9.84 Å². The van der Waals surface area contributed by atoms with E-state index in [-0.39, 0.29) is 10.7 Å². The Bertz CT molecular complexity index is 538. The first-order chi connectivity index (χ1) is 8.32. The topological polar surface area (TPSA) is 76.3 Å². The van der Waals surface area contributed by atoms with Crippen LogP contribution < -0.4 is 10.6 Å². The van der Waals surface area contributed by atoms with Gasteiger partial charge in [-0.25, -0.2) is 8.42 Å². The number of nitrogens with two attached hydrogens (primary N) is 1. The van der Waals surface area contributed by atoms with Crippen LogP contribution in [0.3, 0.4) is 0 Å². The Hall–Kier alpha value is -0.820. The van der Waals surface area contributed by atoms with Crippen LogP contribution in [0.5, 0.6) is 0 Å². The molecule has 102 valence electrons. The van der Waals surface area contributed by atoms with E-state index in [1.807, 2.05) is 0 Å². The maximum atomic E-state index is 11.8. The zero-order chi connectivity index (χ0) is 13.5. The Morgan fingerprint density at radius 3 is 2.72 bits per heavy atom. The molecule has 2 atom stereocenters. The lowest BCUT2D eigenvalue weighted by atomic mass is 9.92. The molecule has 2 rings (SSSR count). The number of hydrogen-bond acceptors (Lipinski definition) is 6. The second-order valence-electron chi connectivity index (χ2n) is 5.03. The summed E-state index contributed by atoms with van der Waals surface area (Å²) < 4.78 is 27.7. The van der Waals surface area contributed by atoms with E-state index in [9.17, 15) is 8.42 Å². The molecule has 5 nitrogen and oxygen atoms in total. The number of aromatic nitrogens is 1. The lowest BCUT2D eigenvalue weighted by Gasteiger charge is -2.38. The third-order valence-electron chi connectivity index (χ3n) is 3.66. The van der Waals surface area contributed by atoms with E-state index in [4.69, 9.17) is 5.73 Å². The van der Waals surface area contributed by atoms with E-state index in [1.165, 1.54) is 24.2 Å². The van der Waals surface area contributed by atoms with Crippen LogP contribution >= 0.6 is 11.5 Å². The predicted molar refractivity (Wildman–Crippen MR) is 74.8 cm³/mol. The third-order valence-corrected chi connectivity index (χ3v) is 5.84. The average molecular weight is 289 g/mol. The summed E-state index contributed by atoms with van der Waals surface area (Å²) in [5, 5.41) is 0.703. The molecule has 1 aliphatic heterocycles. The van der Waals surface area contributed by atoms with E-state index in [0.29, 0.717) is 17.0 Å². The van der Waals surface area contributed by atoms with Gasteiger partial charge >= 0.3 is 0 Å². The Morgan fingerprint density at radius 2 is 2.11 bits per heavy atom. The van der Waals surface area contributed by atoms with Gasteiger partial charge in [0.15, 0.2) is 15.7 Å². The number of sulfone groups is 1. The molecular weight excluding hydrogens is 270 g/mol. The summed E-state index contributed by atoms with van der Waals surface area (Å²) in [5.74, 6) is 0.678. The fraction of sp³-hybridized carbons (Fsp3) is 0.727. The molecule has 0 amide bonds. The number of rotatable bonds is 2. The van der Waals surface area contributed by atoms with Crippen LogP contribution in [0.25, 0.3) is 0 Å². The SMILES string of the molecule is CC1CCCN(c2snc(N)c2S(C)(=O)=O)C1C. The van der Waals surface area contributed by atoms with Gasteiger partial charge in [-0.2, -0.15) is 4.37 Å². The largest absolute Gasteiger partial charge is 0.382 e. The molecule has 0 spiro atoms. The molecule has 0 bridgehead atoms. The molecule has 1 saturated heterocycles. The third kappa shape index (κ3) is 2.33. The maximum Gasteiger partial charge on any atom is 0.182 e.